The first kappa shape index (κ1) is 13.0. The molecule has 0 aromatic carbocycles. The summed E-state index contributed by atoms with van der Waals surface area (Å²) in [5.41, 5.74) is -0.152. The van der Waals surface area contributed by atoms with Gasteiger partial charge in [-0.25, -0.2) is 0 Å². The van der Waals surface area contributed by atoms with Crippen LogP contribution in [-0.2, 0) is 0 Å². The zero-order valence-electron chi connectivity index (χ0n) is 9.84. The first-order chi connectivity index (χ1) is 8.66. The van der Waals surface area contributed by atoms with Gasteiger partial charge in [0.2, 0.25) is 0 Å². The molecule has 1 aromatic rings. The highest BCUT2D eigenvalue weighted by atomic mass is 35.5. The van der Waals surface area contributed by atoms with Crippen LogP contribution < -0.4 is 4.74 Å². The first-order valence-corrected chi connectivity index (χ1v) is 6.21. The van der Waals surface area contributed by atoms with Gasteiger partial charge in [0.1, 0.15) is 11.8 Å². The lowest BCUT2D eigenvalue weighted by Crippen LogP contribution is -2.25. The van der Waals surface area contributed by atoms with Crippen molar-refractivity contribution in [2.24, 2.45) is 0 Å². The highest BCUT2D eigenvalue weighted by Crippen LogP contribution is 2.26. The van der Waals surface area contributed by atoms with Crippen LogP contribution in [0.2, 0.25) is 5.15 Å². The maximum Gasteiger partial charge on any atom is 0.331 e. The van der Waals surface area contributed by atoms with E-state index in [0.717, 1.165) is 19.6 Å². The number of hydrogen-bond acceptors (Lipinski definition) is 5. The van der Waals surface area contributed by atoms with Crippen molar-refractivity contribution in [3.8, 4) is 5.88 Å². The van der Waals surface area contributed by atoms with Crippen LogP contribution in [-0.4, -0.2) is 41.0 Å². The Morgan fingerprint density at radius 2 is 2.17 bits per heavy atom. The number of nitrogens with zero attached hydrogens (tertiary/aromatic N) is 3. The zero-order chi connectivity index (χ0) is 13.0. The molecule has 0 atom stereocenters. The van der Waals surface area contributed by atoms with E-state index >= 15 is 0 Å². The van der Waals surface area contributed by atoms with Gasteiger partial charge in [-0.05, 0) is 32.0 Å². The van der Waals surface area contributed by atoms with Crippen LogP contribution in [0, 0.1) is 10.1 Å². The molecule has 6 nitrogen and oxygen atoms in total. The number of rotatable bonds is 5. The number of ether oxygens (including phenoxy) is 1. The van der Waals surface area contributed by atoms with Gasteiger partial charge in [-0.2, -0.15) is 4.98 Å². The number of aromatic nitrogens is 1. The van der Waals surface area contributed by atoms with Gasteiger partial charge in [0, 0.05) is 12.6 Å². The quantitative estimate of drug-likeness (QED) is 0.466. The van der Waals surface area contributed by atoms with Gasteiger partial charge in [-0.1, -0.05) is 11.6 Å². The number of nitro groups is 1. The molecule has 0 N–H and O–H groups in total. The molecule has 0 amide bonds. The number of halogens is 1. The second-order valence-corrected chi connectivity index (χ2v) is 4.50. The van der Waals surface area contributed by atoms with Crippen molar-refractivity contribution >= 4 is 17.3 Å². The van der Waals surface area contributed by atoms with Crippen LogP contribution in [0.15, 0.2) is 12.1 Å². The molecular weight excluding hydrogens is 258 g/mol. The molecule has 2 rings (SSSR count). The van der Waals surface area contributed by atoms with Crippen LogP contribution >= 0.6 is 11.6 Å². The third-order valence-electron chi connectivity index (χ3n) is 2.85. The molecule has 1 saturated heterocycles. The van der Waals surface area contributed by atoms with Crippen LogP contribution in [0.1, 0.15) is 12.8 Å². The minimum atomic E-state index is -0.519. The average molecular weight is 272 g/mol. The van der Waals surface area contributed by atoms with Gasteiger partial charge in [-0.3, -0.25) is 15.0 Å². The summed E-state index contributed by atoms with van der Waals surface area (Å²) in [7, 11) is 0. The van der Waals surface area contributed by atoms with Gasteiger partial charge < -0.3 is 4.74 Å². The van der Waals surface area contributed by atoms with E-state index in [1.807, 2.05) is 0 Å². The fourth-order valence-electron chi connectivity index (χ4n) is 1.93. The Morgan fingerprint density at radius 3 is 2.83 bits per heavy atom. The summed E-state index contributed by atoms with van der Waals surface area (Å²) in [6.07, 6.45) is 2.41. The lowest BCUT2D eigenvalue weighted by atomic mass is 10.4. The molecule has 0 spiro atoms. The average Bonchev–Trinajstić information content (AvgIpc) is 2.82. The number of hydrogen-bond donors (Lipinski definition) is 0. The van der Waals surface area contributed by atoms with E-state index in [4.69, 9.17) is 16.3 Å². The second-order valence-electron chi connectivity index (χ2n) is 4.11. The van der Waals surface area contributed by atoms with Gasteiger partial charge in [0.25, 0.3) is 5.88 Å². The van der Waals surface area contributed by atoms with Crippen LogP contribution in [0.25, 0.3) is 0 Å². The summed E-state index contributed by atoms with van der Waals surface area (Å²) < 4.78 is 5.36. The molecule has 1 aliphatic heterocycles. The van der Waals surface area contributed by atoms with Gasteiger partial charge in [0.15, 0.2) is 0 Å². The molecule has 2 heterocycles. The number of likely N-dealkylation sites (tertiary alicyclic amines) is 1. The molecule has 0 saturated carbocycles. The monoisotopic (exact) mass is 271 g/mol. The standard InChI is InChI=1S/C11H14ClN3O3/c12-10-4-3-9(15(16)17)11(13-10)18-8-7-14-5-1-2-6-14/h3-4H,1-2,5-8H2. The highest BCUT2D eigenvalue weighted by Gasteiger charge is 2.18. The van der Waals surface area contributed by atoms with Gasteiger partial charge in [-0.15, -0.1) is 0 Å². The minimum Gasteiger partial charge on any atom is -0.471 e. The topological polar surface area (TPSA) is 68.5 Å². The lowest BCUT2D eigenvalue weighted by molar-refractivity contribution is -0.386. The molecule has 18 heavy (non-hydrogen) atoms. The Balaban J connectivity index is 1.94. The molecule has 1 aromatic heterocycles. The molecule has 0 radical (unpaired) electrons. The molecule has 0 unspecified atom stereocenters. The van der Waals surface area contributed by atoms with E-state index in [-0.39, 0.29) is 16.7 Å². The largest absolute Gasteiger partial charge is 0.471 e. The van der Waals surface area contributed by atoms with Crippen molar-refractivity contribution in [1.29, 1.82) is 0 Å². The van der Waals surface area contributed by atoms with Crippen molar-refractivity contribution in [2.45, 2.75) is 12.8 Å². The molecule has 7 heteroatoms. The Morgan fingerprint density at radius 1 is 1.44 bits per heavy atom. The Kier molecular flexibility index (Phi) is 4.33. The van der Waals surface area contributed by atoms with Gasteiger partial charge >= 0.3 is 5.69 Å². The van der Waals surface area contributed by atoms with Crippen molar-refractivity contribution in [1.82, 2.24) is 9.88 Å². The maximum atomic E-state index is 10.8. The molecular formula is C11H14ClN3O3. The van der Waals surface area contributed by atoms with E-state index in [1.54, 1.807) is 0 Å². The second kappa shape index (κ2) is 5.97. The Bertz CT molecular complexity index is 436. The molecule has 0 bridgehead atoms. The summed E-state index contributed by atoms with van der Waals surface area (Å²) in [5, 5.41) is 11.0. The zero-order valence-corrected chi connectivity index (χ0v) is 10.6. The SMILES string of the molecule is O=[N+]([O-])c1ccc(Cl)nc1OCCN1CCCC1. The van der Waals surface area contributed by atoms with E-state index < -0.39 is 4.92 Å². The fraction of sp³-hybridized carbons (Fsp3) is 0.545. The predicted molar refractivity (Wildman–Crippen MR) is 67.1 cm³/mol. The van der Waals surface area contributed by atoms with Crippen molar-refractivity contribution in [3.05, 3.63) is 27.4 Å². The van der Waals surface area contributed by atoms with Crippen LogP contribution in [0.4, 0.5) is 5.69 Å². The normalized spacial score (nSPS) is 15.8. The third kappa shape index (κ3) is 3.30. The Hall–Kier alpha value is -1.40. The highest BCUT2D eigenvalue weighted by molar-refractivity contribution is 6.29. The van der Waals surface area contributed by atoms with Crippen molar-refractivity contribution in [2.75, 3.05) is 26.2 Å². The summed E-state index contributed by atoms with van der Waals surface area (Å²) >= 11 is 5.70. The summed E-state index contributed by atoms with van der Waals surface area (Å²) in [5.74, 6) is -0.00769. The van der Waals surface area contributed by atoms with Crippen molar-refractivity contribution in [3.63, 3.8) is 0 Å². The Labute approximate surface area is 110 Å². The van der Waals surface area contributed by atoms with Crippen LogP contribution in [0.3, 0.4) is 0 Å². The minimum absolute atomic E-state index is 0.00769. The maximum absolute atomic E-state index is 10.8. The third-order valence-corrected chi connectivity index (χ3v) is 3.06. The number of pyridine rings is 1. The van der Waals surface area contributed by atoms with E-state index in [1.165, 1.54) is 25.0 Å². The van der Waals surface area contributed by atoms with E-state index in [9.17, 15) is 10.1 Å². The van der Waals surface area contributed by atoms with Crippen molar-refractivity contribution < 1.29 is 9.66 Å². The van der Waals surface area contributed by atoms with E-state index in [0.29, 0.717) is 6.61 Å². The van der Waals surface area contributed by atoms with E-state index in [2.05, 4.69) is 9.88 Å². The molecule has 1 aliphatic rings. The molecule has 1 fully saturated rings. The van der Waals surface area contributed by atoms with Gasteiger partial charge in [0.05, 0.1) is 4.92 Å². The molecule has 98 valence electrons. The van der Waals surface area contributed by atoms with Crippen LogP contribution in [0.5, 0.6) is 5.88 Å². The summed E-state index contributed by atoms with van der Waals surface area (Å²) in [6, 6.07) is 2.69. The lowest BCUT2D eigenvalue weighted by Gasteiger charge is -2.14. The molecule has 0 aliphatic carbocycles. The smallest absolute Gasteiger partial charge is 0.331 e. The first-order valence-electron chi connectivity index (χ1n) is 5.83. The predicted octanol–water partition coefficient (Wildman–Crippen LogP) is 2.12. The fourth-order valence-corrected chi connectivity index (χ4v) is 2.07. The summed E-state index contributed by atoms with van der Waals surface area (Å²) in [4.78, 5) is 16.4. The summed E-state index contributed by atoms with van der Waals surface area (Å²) in [6.45, 7) is 3.27.